The summed E-state index contributed by atoms with van der Waals surface area (Å²) < 4.78 is 5.43. The number of primary amides is 1. The van der Waals surface area contributed by atoms with E-state index in [1.54, 1.807) is 17.0 Å². The molecule has 0 spiro atoms. The molecule has 5 N–H and O–H groups in total. The lowest BCUT2D eigenvalue weighted by molar-refractivity contribution is 0.114. The number of amides is 2. The van der Waals surface area contributed by atoms with Gasteiger partial charge in [0.1, 0.15) is 18.5 Å². The third-order valence-electron chi connectivity index (χ3n) is 4.01. The molecule has 0 saturated heterocycles. The first kappa shape index (κ1) is 16.6. The Morgan fingerprint density at radius 3 is 2.45 bits per heavy atom. The first-order valence-corrected chi connectivity index (χ1v) is 7.81. The van der Waals surface area contributed by atoms with Gasteiger partial charge in [0.2, 0.25) is 0 Å². The van der Waals surface area contributed by atoms with Gasteiger partial charge < -0.3 is 21.3 Å². The van der Waals surface area contributed by atoms with Gasteiger partial charge in [0.05, 0.1) is 0 Å². The Hall–Kier alpha value is -1.79. The van der Waals surface area contributed by atoms with Crippen molar-refractivity contribution in [3.8, 4) is 5.75 Å². The summed E-state index contributed by atoms with van der Waals surface area (Å²) in [6.45, 7) is 0.313. The number of anilines is 1. The van der Waals surface area contributed by atoms with Crippen molar-refractivity contribution in [2.24, 2.45) is 11.5 Å². The number of carbonyl (C=O) groups is 1. The number of carbonyl (C=O) groups excluding carboxylic acids is 1. The molecule has 2 rings (SSSR count). The number of ether oxygens (including phenoxy) is 1. The number of hydrogen-bond donors (Lipinski definition) is 3. The van der Waals surface area contributed by atoms with E-state index in [0.29, 0.717) is 5.75 Å². The van der Waals surface area contributed by atoms with Gasteiger partial charge in [-0.1, -0.05) is 19.3 Å². The maximum absolute atomic E-state index is 11.8. The molecular formula is C16H25N3O3. The van der Waals surface area contributed by atoms with Gasteiger partial charge in [0, 0.05) is 18.3 Å². The number of benzene rings is 1. The molecule has 6 heteroatoms. The number of aliphatic hydroxyl groups excluding tert-OH is 1. The normalized spacial score (nSPS) is 17.0. The average molecular weight is 307 g/mol. The molecule has 1 aliphatic carbocycles. The molecule has 1 fully saturated rings. The van der Waals surface area contributed by atoms with E-state index < -0.39 is 12.1 Å². The molecular weight excluding hydrogens is 282 g/mol. The van der Waals surface area contributed by atoms with Crippen molar-refractivity contribution < 1.29 is 14.6 Å². The van der Waals surface area contributed by atoms with Crippen LogP contribution in [0.1, 0.15) is 32.1 Å². The molecule has 1 aromatic carbocycles. The van der Waals surface area contributed by atoms with E-state index in [-0.39, 0.29) is 19.2 Å². The Labute approximate surface area is 131 Å². The van der Waals surface area contributed by atoms with Gasteiger partial charge in [-0.05, 0) is 37.1 Å². The number of hydrogen-bond acceptors (Lipinski definition) is 4. The van der Waals surface area contributed by atoms with Gasteiger partial charge in [-0.15, -0.1) is 0 Å². The van der Waals surface area contributed by atoms with E-state index in [1.165, 1.54) is 6.42 Å². The van der Waals surface area contributed by atoms with Crippen LogP contribution in [0.2, 0.25) is 0 Å². The third-order valence-corrected chi connectivity index (χ3v) is 4.01. The smallest absolute Gasteiger partial charge is 0.319 e. The van der Waals surface area contributed by atoms with Crippen LogP contribution in [0.5, 0.6) is 5.75 Å². The summed E-state index contributed by atoms with van der Waals surface area (Å²) in [6.07, 6.45) is 4.79. The Morgan fingerprint density at radius 2 is 1.91 bits per heavy atom. The number of aliphatic hydroxyl groups is 1. The topological polar surface area (TPSA) is 102 Å². The summed E-state index contributed by atoms with van der Waals surface area (Å²) in [6, 6.07) is 6.96. The fourth-order valence-electron chi connectivity index (χ4n) is 2.82. The van der Waals surface area contributed by atoms with Crippen molar-refractivity contribution >= 4 is 11.7 Å². The largest absolute Gasteiger partial charge is 0.491 e. The van der Waals surface area contributed by atoms with Gasteiger partial charge in [0.25, 0.3) is 0 Å². The molecule has 1 saturated carbocycles. The van der Waals surface area contributed by atoms with Gasteiger partial charge in [-0.3, -0.25) is 4.90 Å². The first-order valence-electron chi connectivity index (χ1n) is 7.81. The van der Waals surface area contributed by atoms with Crippen molar-refractivity contribution in [1.29, 1.82) is 0 Å². The molecule has 122 valence electrons. The molecule has 1 aliphatic rings. The summed E-state index contributed by atoms with van der Waals surface area (Å²) in [5.74, 6) is 0.629. The minimum atomic E-state index is -0.677. The third kappa shape index (κ3) is 4.35. The Kier molecular flexibility index (Phi) is 6.03. The molecule has 0 radical (unpaired) electrons. The standard InChI is InChI=1S/C16H25N3O3/c17-10-14(20)11-22-15-8-6-13(7-9-15)19(16(18)21)12-4-2-1-3-5-12/h6-9,12,14,20H,1-5,10-11,17H2,(H2,18,21). The molecule has 1 aromatic rings. The Bertz CT molecular complexity index is 472. The summed E-state index contributed by atoms with van der Waals surface area (Å²) in [7, 11) is 0. The van der Waals surface area contributed by atoms with E-state index in [9.17, 15) is 9.90 Å². The van der Waals surface area contributed by atoms with E-state index in [4.69, 9.17) is 16.2 Å². The van der Waals surface area contributed by atoms with Crippen molar-refractivity contribution in [3.05, 3.63) is 24.3 Å². The Balaban J connectivity index is 2.04. The van der Waals surface area contributed by atoms with E-state index >= 15 is 0 Å². The van der Waals surface area contributed by atoms with Crippen LogP contribution < -0.4 is 21.1 Å². The van der Waals surface area contributed by atoms with Crippen LogP contribution in [0.3, 0.4) is 0 Å². The number of urea groups is 1. The average Bonchev–Trinajstić information content (AvgIpc) is 2.54. The van der Waals surface area contributed by atoms with E-state index in [1.807, 2.05) is 12.1 Å². The molecule has 1 atom stereocenters. The lowest BCUT2D eigenvalue weighted by Crippen LogP contribution is -2.44. The number of nitrogens with zero attached hydrogens (tertiary/aromatic N) is 1. The SMILES string of the molecule is NCC(O)COc1ccc(N(C(N)=O)C2CCCCC2)cc1. The van der Waals surface area contributed by atoms with Crippen molar-refractivity contribution in [2.45, 2.75) is 44.2 Å². The van der Waals surface area contributed by atoms with E-state index in [0.717, 1.165) is 31.4 Å². The lowest BCUT2D eigenvalue weighted by atomic mass is 9.94. The minimum Gasteiger partial charge on any atom is -0.491 e. The van der Waals surface area contributed by atoms with Crippen LogP contribution >= 0.6 is 0 Å². The second kappa shape index (κ2) is 8.00. The van der Waals surface area contributed by atoms with Crippen LogP contribution in [0.4, 0.5) is 10.5 Å². The molecule has 0 heterocycles. The van der Waals surface area contributed by atoms with Crippen LogP contribution in [-0.4, -0.2) is 36.4 Å². The van der Waals surface area contributed by atoms with Gasteiger partial charge in [-0.2, -0.15) is 0 Å². The molecule has 2 amide bonds. The quantitative estimate of drug-likeness (QED) is 0.743. The molecule has 0 bridgehead atoms. The van der Waals surface area contributed by atoms with Gasteiger partial charge in [-0.25, -0.2) is 4.79 Å². The van der Waals surface area contributed by atoms with Crippen LogP contribution in [-0.2, 0) is 0 Å². The molecule has 0 aromatic heterocycles. The highest BCUT2D eigenvalue weighted by molar-refractivity contribution is 5.91. The highest BCUT2D eigenvalue weighted by Crippen LogP contribution is 2.28. The Morgan fingerprint density at radius 1 is 1.27 bits per heavy atom. The zero-order chi connectivity index (χ0) is 15.9. The highest BCUT2D eigenvalue weighted by Gasteiger charge is 2.25. The second-order valence-corrected chi connectivity index (χ2v) is 5.69. The molecule has 22 heavy (non-hydrogen) atoms. The minimum absolute atomic E-state index is 0.151. The van der Waals surface area contributed by atoms with Crippen molar-refractivity contribution in [3.63, 3.8) is 0 Å². The van der Waals surface area contributed by atoms with Crippen molar-refractivity contribution in [2.75, 3.05) is 18.1 Å². The zero-order valence-corrected chi connectivity index (χ0v) is 12.8. The predicted molar refractivity (Wildman–Crippen MR) is 85.9 cm³/mol. The molecule has 6 nitrogen and oxygen atoms in total. The fourth-order valence-corrected chi connectivity index (χ4v) is 2.82. The lowest BCUT2D eigenvalue weighted by Gasteiger charge is -2.33. The summed E-state index contributed by atoms with van der Waals surface area (Å²) in [4.78, 5) is 13.5. The van der Waals surface area contributed by atoms with Gasteiger partial charge >= 0.3 is 6.03 Å². The van der Waals surface area contributed by atoms with Crippen LogP contribution in [0.15, 0.2) is 24.3 Å². The zero-order valence-electron chi connectivity index (χ0n) is 12.8. The number of rotatable bonds is 6. The summed E-state index contributed by atoms with van der Waals surface area (Å²) >= 11 is 0. The van der Waals surface area contributed by atoms with Crippen LogP contribution in [0, 0.1) is 0 Å². The van der Waals surface area contributed by atoms with Gasteiger partial charge in [0.15, 0.2) is 0 Å². The maximum atomic E-state index is 11.8. The van der Waals surface area contributed by atoms with E-state index in [2.05, 4.69) is 0 Å². The fraction of sp³-hybridized carbons (Fsp3) is 0.562. The molecule has 0 aliphatic heterocycles. The highest BCUT2D eigenvalue weighted by atomic mass is 16.5. The predicted octanol–water partition coefficient (Wildman–Crippen LogP) is 1.60. The van der Waals surface area contributed by atoms with Crippen molar-refractivity contribution in [1.82, 2.24) is 0 Å². The maximum Gasteiger partial charge on any atom is 0.319 e. The summed E-state index contributed by atoms with van der Waals surface area (Å²) in [5, 5.41) is 9.39. The second-order valence-electron chi connectivity index (χ2n) is 5.69. The van der Waals surface area contributed by atoms with Crippen LogP contribution in [0.25, 0.3) is 0 Å². The summed E-state index contributed by atoms with van der Waals surface area (Å²) in [5.41, 5.74) is 11.7. The first-order chi connectivity index (χ1) is 10.6. The number of nitrogens with two attached hydrogens (primary N) is 2. The monoisotopic (exact) mass is 307 g/mol. The molecule has 1 unspecified atom stereocenters.